The van der Waals surface area contributed by atoms with Crippen LogP contribution in [0.1, 0.15) is 29.6 Å². The summed E-state index contributed by atoms with van der Waals surface area (Å²) in [4.78, 5) is 26.0. The summed E-state index contributed by atoms with van der Waals surface area (Å²) in [6.45, 7) is 1.65. The van der Waals surface area contributed by atoms with Gasteiger partial charge in [0, 0.05) is 43.5 Å². The van der Waals surface area contributed by atoms with Crippen molar-refractivity contribution < 1.29 is 22.8 Å². The molecule has 0 radical (unpaired) electrons. The van der Waals surface area contributed by atoms with E-state index in [4.69, 9.17) is 0 Å². The Hall–Kier alpha value is -3.03. The molecule has 1 heterocycles. The number of carbonyl (C=O) groups excluding carboxylic acids is 2. The highest BCUT2D eigenvalue weighted by atomic mass is 19.1. The maximum absolute atomic E-state index is 13.8. The number of amides is 2. The number of carbonyl (C=O) groups is 2. The maximum atomic E-state index is 13.8. The molecule has 0 unspecified atom stereocenters. The largest absolute Gasteiger partial charge is 0.371 e. The van der Waals surface area contributed by atoms with E-state index in [1.807, 2.05) is 0 Å². The summed E-state index contributed by atoms with van der Waals surface area (Å²) in [6.07, 6.45) is 2.02. The maximum Gasteiger partial charge on any atom is 0.254 e. The molecule has 0 aliphatic carbocycles. The molecule has 1 saturated heterocycles. The lowest BCUT2D eigenvalue weighted by Crippen LogP contribution is -2.28. The van der Waals surface area contributed by atoms with E-state index in [0.717, 1.165) is 38.1 Å². The minimum Gasteiger partial charge on any atom is -0.371 e. The fraction of sp³-hybridized carbons (Fsp3) is 0.300. The first-order valence-corrected chi connectivity index (χ1v) is 9.01. The Morgan fingerprint density at radius 3 is 2.43 bits per heavy atom. The van der Waals surface area contributed by atoms with Gasteiger partial charge in [-0.15, -0.1) is 0 Å². The van der Waals surface area contributed by atoms with Gasteiger partial charge in [-0.05, 0) is 43.2 Å². The predicted octanol–water partition coefficient (Wildman–Crippen LogP) is 3.46. The molecule has 1 aliphatic heterocycles. The minimum absolute atomic E-state index is 0.0459. The lowest BCUT2D eigenvalue weighted by Gasteiger charge is -2.18. The van der Waals surface area contributed by atoms with Gasteiger partial charge in [0.25, 0.3) is 5.91 Å². The van der Waals surface area contributed by atoms with Gasteiger partial charge in [0.1, 0.15) is 17.5 Å². The number of hydrogen-bond donors (Lipinski definition) is 2. The second kappa shape index (κ2) is 8.77. The molecule has 0 atom stereocenters. The van der Waals surface area contributed by atoms with Crippen molar-refractivity contribution in [2.24, 2.45) is 0 Å². The van der Waals surface area contributed by atoms with Crippen molar-refractivity contribution in [3.63, 3.8) is 0 Å². The Labute approximate surface area is 160 Å². The Bertz CT molecular complexity index is 883. The van der Waals surface area contributed by atoms with E-state index in [1.54, 1.807) is 6.07 Å². The zero-order chi connectivity index (χ0) is 20.1. The highest BCUT2D eigenvalue weighted by Crippen LogP contribution is 2.25. The van der Waals surface area contributed by atoms with Crippen molar-refractivity contribution in [2.75, 3.05) is 29.9 Å². The molecule has 0 bridgehead atoms. The van der Waals surface area contributed by atoms with Gasteiger partial charge in [-0.1, -0.05) is 0 Å². The number of hydrogen-bond acceptors (Lipinski definition) is 3. The summed E-state index contributed by atoms with van der Waals surface area (Å²) in [7, 11) is 0. The highest BCUT2D eigenvalue weighted by molar-refractivity contribution is 5.95. The first kappa shape index (κ1) is 19.7. The van der Waals surface area contributed by atoms with Gasteiger partial charge in [-0.25, -0.2) is 13.2 Å². The van der Waals surface area contributed by atoms with Crippen molar-refractivity contribution in [1.82, 2.24) is 5.32 Å². The molecule has 8 heteroatoms. The summed E-state index contributed by atoms with van der Waals surface area (Å²) >= 11 is 0. The first-order valence-electron chi connectivity index (χ1n) is 9.01. The molecule has 3 rings (SSSR count). The Morgan fingerprint density at radius 1 is 0.964 bits per heavy atom. The number of benzene rings is 2. The molecule has 1 fully saturated rings. The second-order valence-corrected chi connectivity index (χ2v) is 6.57. The van der Waals surface area contributed by atoms with Crippen molar-refractivity contribution in [3.8, 4) is 0 Å². The quantitative estimate of drug-likeness (QED) is 0.793. The number of halogens is 3. The average molecular weight is 391 g/mol. The molecule has 148 valence electrons. The predicted molar refractivity (Wildman–Crippen MR) is 99.8 cm³/mol. The van der Waals surface area contributed by atoms with Crippen LogP contribution in [0.25, 0.3) is 0 Å². The molecule has 0 aromatic heterocycles. The third-order valence-electron chi connectivity index (χ3n) is 4.45. The molecular formula is C20H20F3N3O2. The van der Waals surface area contributed by atoms with Gasteiger partial charge in [0.2, 0.25) is 5.91 Å². The van der Waals surface area contributed by atoms with Crippen LogP contribution in [-0.4, -0.2) is 31.4 Å². The van der Waals surface area contributed by atoms with Crippen LogP contribution in [-0.2, 0) is 4.79 Å². The fourth-order valence-corrected chi connectivity index (χ4v) is 3.09. The lowest BCUT2D eigenvalue weighted by molar-refractivity contribution is -0.116. The normalized spacial score (nSPS) is 13.5. The SMILES string of the molecule is O=C(CCNC(=O)c1ccc(F)cc1F)Nc1cc(F)cc(N2CCCC2)c1. The van der Waals surface area contributed by atoms with Crippen molar-refractivity contribution >= 4 is 23.2 Å². The van der Waals surface area contributed by atoms with Gasteiger partial charge in [0.05, 0.1) is 5.56 Å². The molecule has 2 aromatic carbocycles. The molecule has 0 spiro atoms. The van der Waals surface area contributed by atoms with Crippen LogP contribution in [0.15, 0.2) is 36.4 Å². The summed E-state index contributed by atoms with van der Waals surface area (Å²) in [5, 5.41) is 5.00. The smallest absolute Gasteiger partial charge is 0.254 e. The first-order chi connectivity index (χ1) is 13.4. The summed E-state index contributed by atoms with van der Waals surface area (Å²) in [6, 6.07) is 6.99. The van der Waals surface area contributed by atoms with Crippen molar-refractivity contribution in [3.05, 3.63) is 59.4 Å². The van der Waals surface area contributed by atoms with Crippen LogP contribution in [0.3, 0.4) is 0 Å². The van der Waals surface area contributed by atoms with Gasteiger partial charge in [-0.3, -0.25) is 9.59 Å². The molecule has 5 nitrogen and oxygen atoms in total. The zero-order valence-electron chi connectivity index (χ0n) is 15.1. The molecular weight excluding hydrogens is 371 g/mol. The molecule has 0 saturated carbocycles. The Balaban J connectivity index is 1.52. The monoisotopic (exact) mass is 391 g/mol. The van der Waals surface area contributed by atoms with E-state index in [-0.39, 0.29) is 18.5 Å². The van der Waals surface area contributed by atoms with Crippen LogP contribution >= 0.6 is 0 Å². The molecule has 1 aliphatic rings. The zero-order valence-corrected chi connectivity index (χ0v) is 15.1. The highest BCUT2D eigenvalue weighted by Gasteiger charge is 2.15. The van der Waals surface area contributed by atoms with E-state index in [1.165, 1.54) is 12.1 Å². The third kappa shape index (κ3) is 5.03. The van der Waals surface area contributed by atoms with Gasteiger partial charge in [0.15, 0.2) is 0 Å². The number of rotatable bonds is 6. The average Bonchev–Trinajstić information content (AvgIpc) is 3.15. The molecule has 2 N–H and O–H groups in total. The molecule has 2 amide bonds. The molecule has 28 heavy (non-hydrogen) atoms. The van der Waals surface area contributed by atoms with Crippen molar-refractivity contribution in [1.29, 1.82) is 0 Å². The van der Waals surface area contributed by atoms with E-state index in [2.05, 4.69) is 15.5 Å². The summed E-state index contributed by atoms with van der Waals surface area (Å²) in [5.74, 6) is -3.36. The minimum atomic E-state index is -0.976. The van der Waals surface area contributed by atoms with E-state index >= 15 is 0 Å². The van der Waals surface area contributed by atoms with E-state index in [0.29, 0.717) is 17.4 Å². The van der Waals surface area contributed by atoms with Gasteiger partial charge in [-0.2, -0.15) is 0 Å². The van der Waals surface area contributed by atoms with Crippen LogP contribution in [0.2, 0.25) is 0 Å². The lowest BCUT2D eigenvalue weighted by atomic mass is 10.2. The Morgan fingerprint density at radius 2 is 1.71 bits per heavy atom. The third-order valence-corrected chi connectivity index (χ3v) is 4.45. The Kier molecular flexibility index (Phi) is 6.18. The molecule has 2 aromatic rings. The topological polar surface area (TPSA) is 61.4 Å². The van der Waals surface area contributed by atoms with Gasteiger partial charge >= 0.3 is 0 Å². The van der Waals surface area contributed by atoms with Gasteiger partial charge < -0.3 is 15.5 Å². The van der Waals surface area contributed by atoms with E-state index < -0.39 is 29.3 Å². The van der Waals surface area contributed by atoms with Crippen molar-refractivity contribution in [2.45, 2.75) is 19.3 Å². The number of anilines is 2. The number of nitrogens with one attached hydrogen (secondary N) is 2. The van der Waals surface area contributed by atoms with Crippen LogP contribution in [0.4, 0.5) is 24.5 Å². The fourth-order valence-electron chi connectivity index (χ4n) is 3.09. The number of nitrogens with zero attached hydrogens (tertiary/aromatic N) is 1. The van der Waals surface area contributed by atoms with E-state index in [9.17, 15) is 22.8 Å². The van der Waals surface area contributed by atoms with Crippen LogP contribution in [0, 0.1) is 17.5 Å². The van der Waals surface area contributed by atoms with Crippen LogP contribution in [0.5, 0.6) is 0 Å². The van der Waals surface area contributed by atoms with Crippen LogP contribution < -0.4 is 15.5 Å². The summed E-state index contributed by atoms with van der Waals surface area (Å²) in [5.41, 5.74) is 0.748. The second-order valence-electron chi connectivity index (χ2n) is 6.57. The standard InChI is InChI=1S/C20H20F3N3O2/c21-13-3-4-17(18(23)11-13)20(28)24-6-5-19(27)25-15-9-14(22)10-16(12-15)26-7-1-2-8-26/h3-4,9-12H,1-2,5-8H2,(H,24,28)(H,25,27). The summed E-state index contributed by atoms with van der Waals surface area (Å²) < 4.78 is 40.3.